The van der Waals surface area contributed by atoms with E-state index in [9.17, 15) is 5.11 Å². The highest BCUT2D eigenvalue weighted by atomic mass is 16.5. The first-order valence-corrected chi connectivity index (χ1v) is 7.22. The van der Waals surface area contributed by atoms with Gasteiger partial charge in [0.05, 0.1) is 0 Å². The van der Waals surface area contributed by atoms with Crippen LogP contribution in [0.15, 0.2) is 30.5 Å². The van der Waals surface area contributed by atoms with E-state index >= 15 is 0 Å². The third kappa shape index (κ3) is 2.34. The van der Waals surface area contributed by atoms with Crippen LogP contribution in [-0.2, 0) is 4.74 Å². The van der Waals surface area contributed by atoms with Gasteiger partial charge in [0.15, 0.2) is 0 Å². The van der Waals surface area contributed by atoms with Crippen LogP contribution in [0.1, 0.15) is 30.1 Å². The number of ether oxygens (including phenoxy) is 1. The minimum absolute atomic E-state index is 0.312. The maximum atomic E-state index is 9.42. The van der Waals surface area contributed by atoms with Crippen LogP contribution in [0.3, 0.4) is 0 Å². The molecular weight excluding hydrogens is 250 g/mol. The fourth-order valence-corrected chi connectivity index (χ4v) is 3.00. The summed E-state index contributed by atoms with van der Waals surface area (Å²) in [5, 5.41) is 9.42. The molecule has 1 aromatic carbocycles. The molecule has 1 N–H and O–H groups in total. The number of benzene rings is 1. The van der Waals surface area contributed by atoms with Gasteiger partial charge in [-0.1, -0.05) is 12.1 Å². The molecule has 2 aromatic rings. The zero-order valence-corrected chi connectivity index (χ0v) is 12.1. The summed E-state index contributed by atoms with van der Waals surface area (Å²) in [6, 6.07) is 8.00. The van der Waals surface area contributed by atoms with Crippen molar-refractivity contribution in [1.29, 1.82) is 0 Å². The van der Waals surface area contributed by atoms with E-state index in [0.717, 1.165) is 31.6 Å². The quantitative estimate of drug-likeness (QED) is 0.900. The lowest BCUT2D eigenvalue weighted by atomic mass is 10.0. The molecule has 0 radical (unpaired) electrons. The Hall–Kier alpha value is -1.74. The van der Waals surface area contributed by atoms with Crippen molar-refractivity contribution < 1.29 is 9.84 Å². The molecular formula is C17H21NO2. The smallest absolute Gasteiger partial charge is 0.115 e. The maximum absolute atomic E-state index is 9.42. The van der Waals surface area contributed by atoms with Crippen LogP contribution in [0.25, 0.3) is 11.1 Å². The Labute approximate surface area is 119 Å². The fraction of sp³-hybridized carbons (Fsp3) is 0.412. The first-order valence-electron chi connectivity index (χ1n) is 7.22. The third-order valence-electron chi connectivity index (χ3n) is 4.36. The van der Waals surface area contributed by atoms with Gasteiger partial charge in [0.25, 0.3) is 0 Å². The highest BCUT2D eigenvalue weighted by Crippen LogP contribution is 2.32. The lowest BCUT2D eigenvalue weighted by molar-refractivity contribution is 0.0692. The molecule has 20 heavy (non-hydrogen) atoms. The molecule has 106 valence electrons. The van der Waals surface area contributed by atoms with Gasteiger partial charge in [-0.05, 0) is 49.9 Å². The molecule has 0 bridgehead atoms. The topological polar surface area (TPSA) is 34.4 Å². The monoisotopic (exact) mass is 271 g/mol. The van der Waals surface area contributed by atoms with Crippen molar-refractivity contribution in [2.24, 2.45) is 0 Å². The van der Waals surface area contributed by atoms with Gasteiger partial charge in [0.2, 0.25) is 0 Å². The number of hydrogen-bond acceptors (Lipinski definition) is 2. The van der Waals surface area contributed by atoms with Crippen LogP contribution in [-0.4, -0.2) is 22.9 Å². The van der Waals surface area contributed by atoms with Gasteiger partial charge in [-0.15, -0.1) is 0 Å². The summed E-state index contributed by atoms with van der Waals surface area (Å²) in [6.45, 7) is 6.08. The average molecular weight is 271 g/mol. The van der Waals surface area contributed by atoms with Gasteiger partial charge in [-0.25, -0.2) is 0 Å². The molecule has 0 spiro atoms. The van der Waals surface area contributed by atoms with Gasteiger partial charge in [-0.2, -0.15) is 0 Å². The molecule has 2 heterocycles. The zero-order chi connectivity index (χ0) is 14.1. The van der Waals surface area contributed by atoms with Crippen LogP contribution < -0.4 is 0 Å². The Bertz CT molecular complexity index is 592. The Morgan fingerprint density at radius 2 is 1.75 bits per heavy atom. The van der Waals surface area contributed by atoms with E-state index in [-0.39, 0.29) is 0 Å². The highest BCUT2D eigenvalue weighted by Gasteiger charge is 2.19. The molecule has 0 unspecified atom stereocenters. The van der Waals surface area contributed by atoms with E-state index in [0.29, 0.717) is 11.8 Å². The van der Waals surface area contributed by atoms with E-state index in [2.05, 4.69) is 24.6 Å². The van der Waals surface area contributed by atoms with Crippen molar-refractivity contribution in [2.45, 2.75) is 32.7 Å². The minimum Gasteiger partial charge on any atom is -0.508 e. The highest BCUT2D eigenvalue weighted by molar-refractivity contribution is 5.68. The molecule has 0 atom stereocenters. The van der Waals surface area contributed by atoms with E-state index < -0.39 is 0 Å². The lowest BCUT2D eigenvalue weighted by Gasteiger charge is -2.25. The van der Waals surface area contributed by atoms with Crippen LogP contribution in [0, 0.1) is 13.8 Å². The fourth-order valence-electron chi connectivity index (χ4n) is 3.00. The number of hydrogen-bond donors (Lipinski definition) is 1. The Balaban J connectivity index is 1.98. The van der Waals surface area contributed by atoms with Crippen molar-refractivity contribution in [1.82, 2.24) is 4.57 Å². The van der Waals surface area contributed by atoms with Crippen LogP contribution >= 0.6 is 0 Å². The second-order valence-corrected chi connectivity index (χ2v) is 5.55. The van der Waals surface area contributed by atoms with Gasteiger partial charge in [0, 0.05) is 36.7 Å². The average Bonchev–Trinajstić information content (AvgIpc) is 2.77. The molecule has 0 saturated carbocycles. The number of nitrogens with zero attached hydrogens (tertiary/aromatic N) is 1. The minimum atomic E-state index is 0.312. The number of rotatable bonds is 2. The zero-order valence-electron chi connectivity index (χ0n) is 12.1. The predicted molar refractivity (Wildman–Crippen MR) is 80.1 cm³/mol. The summed E-state index contributed by atoms with van der Waals surface area (Å²) in [5.74, 6) is 0.312. The summed E-state index contributed by atoms with van der Waals surface area (Å²) in [6.07, 6.45) is 4.43. The molecule has 3 rings (SSSR count). The van der Waals surface area contributed by atoms with Crippen LogP contribution in [0.4, 0.5) is 0 Å². The van der Waals surface area contributed by atoms with E-state index in [4.69, 9.17) is 4.74 Å². The van der Waals surface area contributed by atoms with E-state index in [1.165, 1.54) is 16.8 Å². The maximum Gasteiger partial charge on any atom is 0.115 e. The molecule has 3 nitrogen and oxygen atoms in total. The van der Waals surface area contributed by atoms with Gasteiger partial charge in [-0.3, -0.25) is 0 Å². The Morgan fingerprint density at radius 3 is 2.40 bits per heavy atom. The van der Waals surface area contributed by atoms with Crippen molar-refractivity contribution in [3.8, 4) is 16.9 Å². The first-order chi connectivity index (χ1) is 9.66. The summed E-state index contributed by atoms with van der Waals surface area (Å²) in [5.41, 5.74) is 5.07. The number of phenolic OH excluding ortho intramolecular Hbond substituents is 1. The second kappa shape index (κ2) is 5.33. The molecule has 1 fully saturated rings. The lowest BCUT2D eigenvalue weighted by Crippen LogP contribution is -2.19. The predicted octanol–water partition coefficient (Wildman–Crippen LogP) is 3.83. The SMILES string of the molecule is Cc1c(-c2ccc(O)cc2)cn(C2CCOCC2)c1C. The second-order valence-electron chi connectivity index (χ2n) is 5.55. The molecule has 0 amide bonds. The largest absolute Gasteiger partial charge is 0.508 e. The molecule has 1 aliphatic rings. The molecule has 1 saturated heterocycles. The van der Waals surface area contributed by atoms with E-state index in [1.807, 2.05) is 12.1 Å². The summed E-state index contributed by atoms with van der Waals surface area (Å²) in [7, 11) is 0. The van der Waals surface area contributed by atoms with Gasteiger partial charge >= 0.3 is 0 Å². The van der Waals surface area contributed by atoms with Crippen molar-refractivity contribution >= 4 is 0 Å². The van der Waals surface area contributed by atoms with Crippen molar-refractivity contribution in [2.75, 3.05) is 13.2 Å². The Kier molecular flexibility index (Phi) is 3.53. The molecule has 0 aliphatic carbocycles. The normalized spacial score (nSPS) is 16.5. The number of aromatic hydroxyl groups is 1. The Morgan fingerprint density at radius 1 is 1.10 bits per heavy atom. The molecule has 3 heteroatoms. The first kappa shape index (κ1) is 13.3. The van der Waals surface area contributed by atoms with Crippen molar-refractivity contribution in [3.05, 3.63) is 41.7 Å². The molecule has 1 aliphatic heterocycles. The number of phenols is 1. The summed E-state index contributed by atoms with van der Waals surface area (Å²) in [4.78, 5) is 0. The van der Waals surface area contributed by atoms with Crippen LogP contribution in [0.5, 0.6) is 5.75 Å². The number of aromatic nitrogens is 1. The van der Waals surface area contributed by atoms with E-state index in [1.54, 1.807) is 12.1 Å². The summed E-state index contributed by atoms with van der Waals surface area (Å²) < 4.78 is 7.86. The summed E-state index contributed by atoms with van der Waals surface area (Å²) >= 11 is 0. The molecule has 1 aromatic heterocycles. The van der Waals surface area contributed by atoms with Crippen molar-refractivity contribution in [3.63, 3.8) is 0 Å². The standard InChI is InChI=1S/C17H21NO2/c1-12-13(2)18(15-7-9-20-10-8-15)11-17(12)14-3-5-16(19)6-4-14/h3-6,11,15,19H,7-10H2,1-2H3. The van der Waals surface area contributed by atoms with Crippen LogP contribution in [0.2, 0.25) is 0 Å². The third-order valence-corrected chi connectivity index (χ3v) is 4.36. The van der Waals surface area contributed by atoms with Gasteiger partial charge < -0.3 is 14.4 Å². The van der Waals surface area contributed by atoms with Gasteiger partial charge in [0.1, 0.15) is 5.75 Å².